The zero-order valence-corrected chi connectivity index (χ0v) is 19.0. The molecule has 0 bridgehead atoms. The molecular formula is C18H34O3S3Si. The van der Waals surface area contributed by atoms with Gasteiger partial charge in [-0.25, -0.2) is 0 Å². The second-order valence-electron chi connectivity index (χ2n) is 7.74. The summed E-state index contributed by atoms with van der Waals surface area (Å²) in [6, 6.07) is 0. The highest BCUT2D eigenvalue weighted by atomic mass is 33.5. The van der Waals surface area contributed by atoms with E-state index in [9.17, 15) is 0 Å². The molecule has 0 spiro atoms. The van der Waals surface area contributed by atoms with Crippen LogP contribution in [0.5, 0.6) is 0 Å². The van der Waals surface area contributed by atoms with Gasteiger partial charge in [0.2, 0.25) is 0 Å². The Kier molecular flexibility index (Phi) is 8.87. The fourth-order valence-corrected chi connectivity index (χ4v) is 12.8. The van der Waals surface area contributed by atoms with E-state index >= 15 is 0 Å². The van der Waals surface area contributed by atoms with E-state index in [1.54, 1.807) is 20.6 Å². The highest BCUT2D eigenvalue weighted by Gasteiger charge is 2.54. The molecule has 0 saturated heterocycles. The monoisotopic (exact) mass is 422 g/mol. The smallest absolute Gasteiger partial charge is 0.370 e. The number of hydrogen-bond donors (Lipinski definition) is 1. The van der Waals surface area contributed by atoms with Gasteiger partial charge in [0.1, 0.15) is 0 Å². The van der Waals surface area contributed by atoms with E-state index in [1.165, 1.54) is 77.0 Å². The van der Waals surface area contributed by atoms with E-state index in [4.69, 9.17) is 13.3 Å². The van der Waals surface area contributed by atoms with Crippen molar-refractivity contribution in [3.8, 4) is 0 Å². The van der Waals surface area contributed by atoms with Crippen molar-refractivity contribution < 1.29 is 13.3 Å². The van der Waals surface area contributed by atoms with Crippen molar-refractivity contribution in [1.82, 2.24) is 0 Å². The van der Waals surface area contributed by atoms with Crippen molar-refractivity contribution in [2.75, 3.05) is 0 Å². The minimum atomic E-state index is -2.75. The van der Waals surface area contributed by atoms with Gasteiger partial charge in [0.25, 0.3) is 0 Å². The highest BCUT2D eigenvalue weighted by Crippen LogP contribution is 2.43. The normalized spacial score (nSPS) is 25.2. The van der Waals surface area contributed by atoms with Crippen molar-refractivity contribution in [2.24, 2.45) is 0 Å². The first-order valence-electron chi connectivity index (χ1n) is 10.3. The topological polar surface area (TPSA) is 27.7 Å². The van der Waals surface area contributed by atoms with Crippen LogP contribution in [0, 0.1) is 0 Å². The van der Waals surface area contributed by atoms with Gasteiger partial charge in [-0.2, -0.15) is 0 Å². The predicted molar refractivity (Wildman–Crippen MR) is 114 cm³/mol. The summed E-state index contributed by atoms with van der Waals surface area (Å²) in [4.78, 5) is 0.289. The minimum absolute atomic E-state index is 0.289. The second kappa shape index (κ2) is 10.6. The Balaban J connectivity index is 1.81. The average Bonchev–Trinajstić information content (AvgIpc) is 3.36. The van der Waals surface area contributed by atoms with E-state index in [0.717, 1.165) is 6.42 Å². The van der Waals surface area contributed by atoms with Gasteiger partial charge in [-0.05, 0) is 54.8 Å². The fraction of sp³-hybridized carbons (Fsp3) is 1.00. The van der Waals surface area contributed by atoms with Crippen LogP contribution in [-0.4, -0.2) is 32.0 Å². The van der Waals surface area contributed by atoms with Crippen LogP contribution in [0.3, 0.4) is 0 Å². The van der Waals surface area contributed by atoms with Gasteiger partial charge in [-0.15, -0.1) is 0 Å². The Morgan fingerprint density at radius 3 is 1.44 bits per heavy atom. The maximum absolute atomic E-state index is 6.85. The van der Waals surface area contributed by atoms with E-state index in [-0.39, 0.29) is 4.87 Å². The molecule has 7 heteroatoms. The molecule has 25 heavy (non-hydrogen) atoms. The van der Waals surface area contributed by atoms with Gasteiger partial charge in [-0.3, -0.25) is 0 Å². The summed E-state index contributed by atoms with van der Waals surface area (Å²) in [5, 5.41) is 0. The molecule has 0 amide bonds. The molecule has 3 aliphatic carbocycles. The molecule has 3 fully saturated rings. The minimum Gasteiger partial charge on any atom is -0.370 e. The first-order valence-corrected chi connectivity index (χ1v) is 15.3. The van der Waals surface area contributed by atoms with Crippen molar-refractivity contribution >= 4 is 41.1 Å². The molecule has 3 rings (SSSR count). The van der Waals surface area contributed by atoms with Crippen molar-refractivity contribution in [2.45, 2.75) is 114 Å². The predicted octanol–water partition coefficient (Wildman–Crippen LogP) is 6.35. The number of rotatable bonds is 10. The van der Waals surface area contributed by atoms with E-state index in [2.05, 4.69) is 18.6 Å². The molecule has 3 saturated carbocycles. The van der Waals surface area contributed by atoms with Crippen molar-refractivity contribution in [3.05, 3.63) is 0 Å². The van der Waals surface area contributed by atoms with Crippen LogP contribution >= 0.6 is 32.3 Å². The Morgan fingerprint density at radius 1 is 0.800 bits per heavy atom. The van der Waals surface area contributed by atoms with Gasteiger partial charge in [0, 0.05) is 18.3 Å². The zero-order chi connectivity index (χ0) is 17.5. The molecule has 146 valence electrons. The fourth-order valence-electron chi connectivity index (χ4n) is 4.46. The molecule has 0 aromatic heterocycles. The first-order chi connectivity index (χ1) is 12.3. The van der Waals surface area contributed by atoms with Gasteiger partial charge in [0.05, 0.1) is 4.87 Å². The molecule has 1 unspecified atom stereocenters. The van der Waals surface area contributed by atoms with Gasteiger partial charge < -0.3 is 13.3 Å². The Morgan fingerprint density at radius 2 is 1.16 bits per heavy atom. The molecule has 0 N–H and O–H groups in total. The summed E-state index contributed by atoms with van der Waals surface area (Å²) in [6.07, 6.45) is 16.8. The Labute approximate surface area is 167 Å². The molecule has 0 aromatic rings. The quantitative estimate of drug-likeness (QED) is 0.252. The lowest BCUT2D eigenvalue weighted by Gasteiger charge is -2.40. The first kappa shape index (κ1) is 20.9. The lowest BCUT2D eigenvalue weighted by atomic mass is 10.3. The van der Waals surface area contributed by atoms with Crippen LogP contribution < -0.4 is 0 Å². The van der Waals surface area contributed by atoms with Gasteiger partial charge >= 0.3 is 8.80 Å². The summed E-state index contributed by atoms with van der Waals surface area (Å²) in [5.74, 6) is 0. The third-order valence-corrected chi connectivity index (χ3v) is 13.1. The molecule has 0 aromatic carbocycles. The highest BCUT2D eigenvalue weighted by molar-refractivity contribution is 9.05. The third-order valence-electron chi connectivity index (χ3n) is 5.82. The van der Waals surface area contributed by atoms with Crippen LogP contribution in [0.15, 0.2) is 0 Å². The molecule has 3 aliphatic rings. The zero-order valence-electron chi connectivity index (χ0n) is 15.5. The standard InChI is InChI=1S/C18H34O3S3Si/c1-2-18(23-24-22)25(19-15-9-3-4-10-15,20-16-11-5-6-12-16)21-17-13-7-8-14-17/h15-18,22H,2-14H2,1H3. The summed E-state index contributed by atoms with van der Waals surface area (Å²) < 4.78 is 20.6. The van der Waals surface area contributed by atoms with Crippen LogP contribution in [-0.2, 0) is 13.3 Å². The van der Waals surface area contributed by atoms with Crippen LogP contribution in [0.4, 0.5) is 0 Å². The Hall–Kier alpha value is 1.15. The van der Waals surface area contributed by atoms with Gasteiger partial charge in [0.15, 0.2) is 0 Å². The average molecular weight is 423 g/mol. The SMILES string of the molecule is CCC(SSS)[Si](OC1CCCC1)(OC1CCCC1)OC1CCCC1. The molecule has 0 aliphatic heterocycles. The number of hydrogen-bond acceptors (Lipinski definition) is 6. The Bertz CT molecular complexity index is 338. The molecule has 0 radical (unpaired) electrons. The summed E-state index contributed by atoms with van der Waals surface area (Å²) in [7, 11) is 0.594. The second-order valence-corrected chi connectivity index (χ2v) is 14.1. The largest absolute Gasteiger partial charge is 0.516 e. The van der Waals surface area contributed by atoms with Crippen molar-refractivity contribution in [3.63, 3.8) is 0 Å². The molecule has 3 nitrogen and oxygen atoms in total. The molecular weight excluding hydrogens is 388 g/mol. The van der Waals surface area contributed by atoms with E-state index in [1.807, 2.05) is 0 Å². The third kappa shape index (κ3) is 5.81. The van der Waals surface area contributed by atoms with Gasteiger partial charge in [-0.1, -0.05) is 67.9 Å². The van der Waals surface area contributed by atoms with Crippen LogP contribution in [0.25, 0.3) is 0 Å². The van der Waals surface area contributed by atoms with Crippen LogP contribution in [0.2, 0.25) is 0 Å². The lowest BCUT2D eigenvalue weighted by Crippen LogP contribution is -2.59. The molecule has 0 heterocycles. The van der Waals surface area contributed by atoms with Crippen LogP contribution in [0.1, 0.15) is 90.4 Å². The van der Waals surface area contributed by atoms with E-state index in [0.29, 0.717) is 18.3 Å². The molecule has 1 atom stereocenters. The summed E-state index contributed by atoms with van der Waals surface area (Å²) in [6.45, 7) is 2.25. The number of thiol groups is 1. The van der Waals surface area contributed by atoms with Crippen molar-refractivity contribution in [1.29, 1.82) is 0 Å². The summed E-state index contributed by atoms with van der Waals surface area (Å²) >= 11 is 4.43. The lowest BCUT2D eigenvalue weighted by molar-refractivity contribution is -0.0172. The summed E-state index contributed by atoms with van der Waals surface area (Å²) in [5.41, 5.74) is 0. The maximum Gasteiger partial charge on any atom is 0.516 e. The maximum atomic E-state index is 6.85. The van der Waals surface area contributed by atoms with E-state index < -0.39 is 8.80 Å².